The third-order valence-corrected chi connectivity index (χ3v) is 4.25. The van der Waals surface area contributed by atoms with Gasteiger partial charge in [0.15, 0.2) is 0 Å². The number of nitriles is 1. The van der Waals surface area contributed by atoms with Crippen LogP contribution in [0.25, 0.3) is 22.4 Å². The van der Waals surface area contributed by atoms with Crippen LogP contribution in [0.2, 0.25) is 0 Å². The van der Waals surface area contributed by atoms with E-state index in [-0.39, 0.29) is 5.56 Å². The summed E-state index contributed by atoms with van der Waals surface area (Å²) >= 11 is 0. The Morgan fingerprint density at radius 1 is 1.31 bits per heavy atom. The molecule has 0 saturated carbocycles. The molecule has 3 aromatic rings. The molecule has 0 aliphatic carbocycles. The number of nitrogens with zero attached hydrogens (tertiary/aromatic N) is 3. The van der Waals surface area contributed by atoms with Crippen molar-refractivity contribution in [1.82, 2.24) is 14.5 Å². The van der Waals surface area contributed by atoms with Crippen molar-refractivity contribution in [2.45, 2.75) is 33.1 Å². The molecule has 0 aliphatic heterocycles. The molecule has 2 aromatic heterocycles. The van der Waals surface area contributed by atoms with Gasteiger partial charge < -0.3 is 14.3 Å². The van der Waals surface area contributed by atoms with Crippen molar-refractivity contribution in [3.8, 4) is 23.2 Å². The Morgan fingerprint density at radius 2 is 2.12 bits per heavy atom. The Bertz CT molecular complexity index is 1040. The Hall–Kier alpha value is -3.07. The largest absolute Gasteiger partial charge is 0.493 e. The standard InChI is InChI=1S/C20H22N4O2/c1-4-6-14-12-24(3)18-17(14)22-19(23-20(18)25)15-10-13(11-21)7-8-16(15)26-9-5-2/h7-8,10,12H,4-6,9H2,1-3H3,(H,22,23,25). The number of aryl methyl sites for hydroxylation is 2. The molecule has 0 aliphatic rings. The van der Waals surface area contributed by atoms with Gasteiger partial charge in [0, 0.05) is 13.2 Å². The van der Waals surface area contributed by atoms with Crippen LogP contribution in [0.1, 0.15) is 37.8 Å². The number of aromatic amines is 1. The number of H-pyrrole nitrogens is 1. The minimum absolute atomic E-state index is 0.196. The maximum atomic E-state index is 12.7. The van der Waals surface area contributed by atoms with E-state index in [1.807, 2.05) is 24.7 Å². The first-order chi connectivity index (χ1) is 12.6. The molecule has 1 aromatic carbocycles. The van der Waals surface area contributed by atoms with Gasteiger partial charge in [-0.15, -0.1) is 0 Å². The summed E-state index contributed by atoms with van der Waals surface area (Å²) in [5, 5.41) is 9.23. The average Bonchev–Trinajstić information content (AvgIpc) is 2.96. The molecule has 0 amide bonds. The Labute approximate surface area is 152 Å². The SMILES string of the molecule is CCCOc1ccc(C#N)cc1-c1nc2c(CCC)cn(C)c2c(=O)[nH]1. The van der Waals surface area contributed by atoms with E-state index in [1.54, 1.807) is 18.2 Å². The number of ether oxygens (including phenoxy) is 1. The van der Waals surface area contributed by atoms with Gasteiger partial charge in [-0.25, -0.2) is 4.98 Å². The summed E-state index contributed by atoms with van der Waals surface area (Å²) in [6, 6.07) is 7.29. The maximum absolute atomic E-state index is 12.7. The molecule has 26 heavy (non-hydrogen) atoms. The quantitative estimate of drug-likeness (QED) is 0.737. The first-order valence-corrected chi connectivity index (χ1v) is 8.84. The van der Waals surface area contributed by atoms with Crippen molar-refractivity contribution >= 4 is 11.0 Å². The highest BCUT2D eigenvalue weighted by molar-refractivity contribution is 5.81. The molecule has 2 heterocycles. The molecule has 134 valence electrons. The summed E-state index contributed by atoms with van der Waals surface area (Å²) in [6.45, 7) is 4.67. The molecule has 0 radical (unpaired) electrons. The van der Waals surface area contributed by atoms with E-state index in [1.165, 1.54) is 0 Å². The van der Waals surface area contributed by atoms with E-state index >= 15 is 0 Å². The fourth-order valence-electron chi connectivity index (χ4n) is 3.08. The molecule has 0 bridgehead atoms. The van der Waals surface area contributed by atoms with Crippen LogP contribution in [-0.4, -0.2) is 21.1 Å². The number of fused-ring (bicyclic) bond motifs is 1. The smallest absolute Gasteiger partial charge is 0.275 e. The Morgan fingerprint density at radius 3 is 2.81 bits per heavy atom. The molecule has 0 unspecified atom stereocenters. The van der Waals surface area contributed by atoms with Crippen molar-refractivity contribution in [1.29, 1.82) is 5.26 Å². The van der Waals surface area contributed by atoms with E-state index in [4.69, 9.17) is 9.72 Å². The molecule has 6 nitrogen and oxygen atoms in total. The Kier molecular flexibility index (Phi) is 5.08. The van der Waals surface area contributed by atoms with Gasteiger partial charge in [-0.1, -0.05) is 20.3 Å². The van der Waals surface area contributed by atoms with Crippen LogP contribution in [0, 0.1) is 11.3 Å². The third kappa shape index (κ3) is 3.21. The van der Waals surface area contributed by atoms with Crippen LogP contribution in [0.5, 0.6) is 5.75 Å². The van der Waals surface area contributed by atoms with Crippen LogP contribution >= 0.6 is 0 Å². The van der Waals surface area contributed by atoms with Gasteiger partial charge in [0.25, 0.3) is 5.56 Å². The lowest BCUT2D eigenvalue weighted by Gasteiger charge is -2.11. The fourth-order valence-corrected chi connectivity index (χ4v) is 3.08. The van der Waals surface area contributed by atoms with E-state index in [0.29, 0.717) is 40.3 Å². The first-order valence-electron chi connectivity index (χ1n) is 8.84. The molecule has 0 spiro atoms. The summed E-state index contributed by atoms with van der Waals surface area (Å²) in [7, 11) is 1.85. The predicted molar refractivity (Wildman–Crippen MR) is 101 cm³/mol. The van der Waals surface area contributed by atoms with Crippen molar-refractivity contribution in [3.05, 3.63) is 45.9 Å². The van der Waals surface area contributed by atoms with Crippen molar-refractivity contribution < 1.29 is 4.74 Å². The average molecular weight is 350 g/mol. The van der Waals surface area contributed by atoms with Crippen LogP contribution < -0.4 is 10.3 Å². The number of aromatic nitrogens is 3. The second kappa shape index (κ2) is 7.44. The molecule has 3 rings (SSSR count). The summed E-state index contributed by atoms with van der Waals surface area (Å²) in [4.78, 5) is 20.2. The molecule has 6 heteroatoms. The second-order valence-corrected chi connectivity index (χ2v) is 6.30. The number of hydrogen-bond donors (Lipinski definition) is 1. The molecule has 0 atom stereocenters. The first kappa shape index (κ1) is 17.7. The molecule has 1 N–H and O–H groups in total. The van der Waals surface area contributed by atoms with E-state index < -0.39 is 0 Å². The number of hydrogen-bond acceptors (Lipinski definition) is 4. The summed E-state index contributed by atoms with van der Waals surface area (Å²) in [6.07, 6.45) is 4.64. The van der Waals surface area contributed by atoms with Crippen LogP contribution in [0.15, 0.2) is 29.2 Å². The minimum atomic E-state index is -0.196. The van der Waals surface area contributed by atoms with Gasteiger partial charge in [0.05, 0.1) is 29.3 Å². The van der Waals surface area contributed by atoms with E-state index in [9.17, 15) is 10.1 Å². The summed E-state index contributed by atoms with van der Waals surface area (Å²) in [5.74, 6) is 1.04. The zero-order valence-electron chi connectivity index (χ0n) is 15.3. The van der Waals surface area contributed by atoms with Gasteiger partial charge >= 0.3 is 0 Å². The van der Waals surface area contributed by atoms with Gasteiger partial charge in [0.2, 0.25) is 0 Å². The number of nitrogens with one attached hydrogen (secondary N) is 1. The van der Waals surface area contributed by atoms with Crippen molar-refractivity contribution in [3.63, 3.8) is 0 Å². The van der Waals surface area contributed by atoms with Gasteiger partial charge in [0.1, 0.15) is 17.1 Å². The highest BCUT2D eigenvalue weighted by Crippen LogP contribution is 2.30. The van der Waals surface area contributed by atoms with Crippen LogP contribution in [0.3, 0.4) is 0 Å². The van der Waals surface area contributed by atoms with Gasteiger partial charge in [-0.05, 0) is 36.6 Å². The topological polar surface area (TPSA) is 83.7 Å². The zero-order valence-corrected chi connectivity index (χ0v) is 15.3. The molecular formula is C20H22N4O2. The summed E-state index contributed by atoms with van der Waals surface area (Å²) in [5.41, 5.74) is 3.24. The molecular weight excluding hydrogens is 328 g/mol. The van der Waals surface area contributed by atoms with E-state index in [2.05, 4.69) is 18.0 Å². The van der Waals surface area contributed by atoms with Crippen LogP contribution in [-0.2, 0) is 13.5 Å². The maximum Gasteiger partial charge on any atom is 0.275 e. The third-order valence-electron chi connectivity index (χ3n) is 4.25. The van der Waals surface area contributed by atoms with E-state index in [0.717, 1.165) is 24.8 Å². The number of rotatable bonds is 6. The molecule has 0 saturated heterocycles. The lowest BCUT2D eigenvalue weighted by molar-refractivity contribution is 0.318. The lowest BCUT2D eigenvalue weighted by atomic mass is 10.1. The minimum Gasteiger partial charge on any atom is -0.493 e. The fraction of sp³-hybridized carbons (Fsp3) is 0.350. The van der Waals surface area contributed by atoms with Crippen LogP contribution in [0.4, 0.5) is 0 Å². The van der Waals surface area contributed by atoms with Crippen molar-refractivity contribution in [2.75, 3.05) is 6.61 Å². The monoisotopic (exact) mass is 350 g/mol. The Balaban J connectivity index is 2.23. The van der Waals surface area contributed by atoms with Crippen molar-refractivity contribution in [2.24, 2.45) is 7.05 Å². The molecule has 0 fully saturated rings. The zero-order chi connectivity index (χ0) is 18.7. The normalized spacial score (nSPS) is 10.8. The van der Waals surface area contributed by atoms with Gasteiger partial charge in [-0.2, -0.15) is 5.26 Å². The highest BCUT2D eigenvalue weighted by atomic mass is 16.5. The number of benzene rings is 1. The summed E-state index contributed by atoms with van der Waals surface area (Å²) < 4.78 is 7.61. The highest BCUT2D eigenvalue weighted by Gasteiger charge is 2.16. The lowest BCUT2D eigenvalue weighted by Crippen LogP contribution is -2.12. The second-order valence-electron chi connectivity index (χ2n) is 6.30. The van der Waals surface area contributed by atoms with Gasteiger partial charge in [-0.3, -0.25) is 4.79 Å². The predicted octanol–water partition coefficient (Wildman–Crippen LogP) is 3.54.